The Labute approximate surface area is 138 Å². The largest absolute Gasteiger partial charge is 0.462 e. The molecule has 0 radical (unpaired) electrons. The molecule has 7 heteroatoms. The van der Waals surface area contributed by atoms with E-state index in [1.165, 1.54) is 4.68 Å². The number of ether oxygens (including phenoxy) is 1. The second kappa shape index (κ2) is 6.67. The number of esters is 1. The highest BCUT2D eigenvalue weighted by atomic mass is 16.5. The lowest BCUT2D eigenvalue weighted by Crippen LogP contribution is -2.16. The Hall–Kier alpha value is -2.93. The van der Waals surface area contributed by atoms with E-state index in [1.807, 2.05) is 30.3 Å². The third-order valence-corrected chi connectivity index (χ3v) is 3.76. The second-order valence-corrected chi connectivity index (χ2v) is 5.23. The fourth-order valence-electron chi connectivity index (χ4n) is 2.73. The molecule has 0 saturated heterocycles. The smallest absolute Gasteiger partial charge is 0.340 e. The lowest BCUT2D eigenvalue weighted by molar-refractivity contribution is 0.0524. The number of H-pyrrole nitrogens is 1. The highest BCUT2D eigenvalue weighted by Gasteiger charge is 2.21. The number of hydrogen-bond acceptors (Lipinski definition) is 4. The van der Waals surface area contributed by atoms with Gasteiger partial charge in [-0.05, 0) is 38.5 Å². The predicted octanol–water partition coefficient (Wildman–Crippen LogP) is 1.68. The Morgan fingerprint density at radius 3 is 2.54 bits per heavy atom. The van der Waals surface area contributed by atoms with Crippen LogP contribution in [0.2, 0.25) is 0 Å². The first-order valence-electron chi connectivity index (χ1n) is 7.39. The lowest BCUT2D eigenvalue weighted by Gasteiger charge is -2.08. The van der Waals surface area contributed by atoms with Crippen LogP contribution in [-0.4, -0.2) is 32.8 Å². The zero-order chi connectivity index (χ0) is 16.6. The summed E-state index contributed by atoms with van der Waals surface area (Å²) in [5.74, 6) is -0.455. The van der Waals surface area contributed by atoms with Crippen molar-refractivity contribution in [1.82, 2.24) is 14.8 Å². The molecule has 0 fully saturated rings. The van der Waals surface area contributed by atoms with Gasteiger partial charge in [0.25, 0.3) is 5.56 Å². The van der Waals surface area contributed by atoms with Crippen LogP contribution in [0.25, 0.3) is 16.7 Å². The molecule has 2 aromatic heterocycles. The number of nitrogens with one attached hydrogen (secondary N) is 1. The SMILES string of the molecule is CCOC(=O)c1c(C)nc2[nH]n(-c3ccccc3)c(=O)c2c1C.O. The van der Waals surface area contributed by atoms with Crippen LogP contribution in [-0.2, 0) is 4.74 Å². The van der Waals surface area contributed by atoms with Crippen molar-refractivity contribution < 1.29 is 15.0 Å². The highest BCUT2D eigenvalue weighted by molar-refractivity contribution is 5.97. The quantitative estimate of drug-likeness (QED) is 0.737. The summed E-state index contributed by atoms with van der Waals surface area (Å²) in [5.41, 5.74) is 2.42. The van der Waals surface area contributed by atoms with Crippen molar-refractivity contribution in [3.05, 3.63) is 57.5 Å². The number of nitrogens with zero attached hydrogens (tertiary/aromatic N) is 2. The molecule has 2 heterocycles. The molecular formula is C17H19N3O4. The monoisotopic (exact) mass is 329 g/mol. The first-order valence-corrected chi connectivity index (χ1v) is 7.39. The van der Waals surface area contributed by atoms with Crippen LogP contribution in [0.1, 0.15) is 28.5 Å². The van der Waals surface area contributed by atoms with Crippen LogP contribution < -0.4 is 5.56 Å². The van der Waals surface area contributed by atoms with Gasteiger partial charge < -0.3 is 10.2 Å². The molecule has 24 heavy (non-hydrogen) atoms. The third kappa shape index (κ3) is 2.69. The molecule has 0 unspecified atom stereocenters. The molecule has 3 aromatic rings. The summed E-state index contributed by atoms with van der Waals surface area (Å²) in [6.07, 6.45) is 0. The summed E-state index contributed by atoms with van der Waals surface area (Å²) in [6, 6.07) is 9.23. The second-order valence-electron chi connectivity index (χ2n) is 5.23. The number of aromatic amines is 1. The molecule has 0 bridgehead atoms. The summed E-state index contributed by atoms with van der Waals surface area (Å²) in [7, 11) is 0. The van der Waals surface area contributed by atoms with E-state index in [0.717, 1.165) is 0 Å². The molecule has 7 nitrogen and oxygen atoms in total. The van der Waals surface area contributed by atoms with Gasteiger partial charge >= 0.3 is 5.97 Å². The van der Waals surface area contributed by atoms with E-state index in [2.05, 4.69) is 10.1 Å². The minimum absolute atomic E-state index is 0. The summed E-state index contributed by atoms with van der Waals surface area (Å²) in [4.78, 5) is 29.2. The van der Waals surface area contributed by atoms with Crippen LogP contribution >= 0.6 is 0 Å². The van der Waals surface area contributed by atoms with Gasteiger partial charge in [0, 0.05) is 0 Å². The van der Waals surface area contributed by atoms with Crippen molar-refractivity contribution in [3.8, 4) is 5.69 Å². The van der Waals surface area contributed by atoms with E-state index >= 15 is 0 Å². The number of carbonyl (C=O) groups is 1. The summed E-state index contributed by atoms with van der Waals surface area (Å²) in [5, 5.41) is 3.41. The van der Waals surface area contributed by atoms with Crippen molar-refractivity contribution in [1.29, 1.82) is 0 Å². The number of rotatable bonds is 3. The van der Waals surface area contributed by atoms with Crippen molar-refractivity contribution in [2.75, 3.05) is 6.61 Å². The first-order chi connectivity index (χ1) is 11.0. The van der Waals surface area contributed by atoms with E-state index < -0.39 is 5.97 Å². The van der Waals surface area contributed by atoms with E-state index in [9.17, 15) is 9.59 Å². The average molecular weight is 329 g/mol. The summed E-state index contributed by atoms with van der Waals surface area (Å²) in [6.45, 7) is 5.50. The molecule has 1 aromatic carbocycles. The van der Waals surface area contributed by atoms with E-state index in [4.69, 9.17) is 4.74 Å². The molecule has 3 rings (SSSR count). The van der Waals surface area contributed by atoms with Crippen molar-refractivity contribution in [2.24, 2.45) is 0 Å². The maximum Gasteiger partial charge on any atom is 0.340 e. The molecule has 0 aliphatic carbocycles. The normalized spacial score (nSPS) is 10.5. The van der Waals surface area contributed by atoms with Crippen LogP contribution in [0.5, 0.6) is 0 Å². The fraction of sp³-hybridized carbons (Fsp3) is 0.235. The zero-order valence-electron chi connectivity index (χ0n) is 13.7. The van der Waals surface area contributed by atoms with Crippen LogP contribution in [0.3, 0.4) is 0 Å². The molecule has 126 valence electrons. The number of aromatic nitrogens is 3. The number of carbonyl (C=O) groups excluding carboxylic acids is 1. The number of hydrogen-bond donors (Lipinski definition) is 1. The number of fused-ring (bicyclic) bond motifs is 1. The van der Waals surface area contributed by atoms with Crippen molar-refractivity contribution in [3.63, 3.8) is 0 Å². The molecule has 0 atom stereocenters. The summed E-state index contributed by atoms with van der Waals surface area (Å²) < 4.78 is 6.50. The van der Waals surface area contributed by atoms with Gasteiger partial charge in [0.15, 0.2) is 5.65 Å². The Morgan fingerprint density at radius 1 is 1.25 bits per heavy atom. The molecule has 0 aliphatic heterocycles. The minimum Gasteiger partial charge on any atom is -0.462 e. The summed E-state index contributed by atoms with van der Waals surface area (Å²) >= 11 is 0. The number of benzene rings is 1. The van der Waals surface area contributed by atoms with Gasteiger partial charge in [-0.2, -0.15) is 0 Å². The van der Waals surface area contributed by atoms with Crippen LogP contribution in [0.4, 0.5) is 0 Å². The predicted molar refractivity (Wildman–Crippen MR) is 90.7 cm³/mol. The van der Waals surface area contributed by atoms with Gasteiger partial charge in [0.2, 0.25) is 0 Å². The molecule has 3 N–H and O–H groups in total. The maximum atomic E-state index is 12.7. The van der Waals surface area contributed by atoms with Gasteiger partial charge in [0.1, 0.15) is 0 Å². The molecule has 0 aliphatic rings. The standard InChI is InChI=1S/C17H17N3O3.H2O/c1-4-23-17(22)13-10(2)14-15(18-11(13)3)19-20(16(14)21)12-8-6-5-7-9-12;/h5-9H,4H2,1-3H3,(H,18,19);1H2. The van der Waals surface area contributed by atoms with E-state index in [1.54, 1.807) is 20.8 Å². The Bertz CT molecular complexity index is 942. The van der Waals surface area contributed by atoms with Gasteiger partial charge in [-0.1, -0.05) is 18.2 Å². The zero-order valence-corrected chi connectivity index (χ0v) is 13.7. The molecule has 0 spiro atoms. The van der Waals surface area contributed by atoms with Gasteiger partial charge in [0.05, 0.1) is 28.9 Å². The number of para-hydroxylation sites is 1. The van der Waals surface area contributed by atoms with Gasteiger partial charge in [-0.15, -0.1) is 0 Å². The average Bonchev–Trinajstić information content (AvgIpc) is 2.85. The minimum atomic E-state index is -0.455. The van der Waals surface area contributed by atoms with Gasteiger partial charge in [-0.25, -0.2) is 14.5 Å². The fourth-order valence-corrected chi connectivity index (χ4v) is 2.73. The topological polar surface area (TPSA) is 108 Å². The molecule has 0 amide bonds. The lowest BCUT2D eigenvalue weighted by atomic mass is 10.1. The number of aryl methyl sites for hydroxylation is 2. The van der Waals surface area contributed by atoms with E-state index in [0.29, 0.717) is 33.5 Å². The van der Waals surface area contributed by atoms with Gasteiger partial charge in [-0.3, -0.25) is 9.89 Å². The highest BCUT2D eigenvalue weighted by Crippen LogP contribution is 2.21. The Balaban J connectivity index is 0.00000208. The molecular weight excluding hydrogens is 310 g/mol. The van der Waals surface area contributed by atoms with E-state index in [-0.39, 0.29) is 17.6 Å². The first kappa shape index (κ1) is 17.4. The third-order valence-electron chi connectivity index (χ3n) is 3.76. The maximum absolute atomic E-state index is 12.7. The number of pyridine rings is 1. The van der Waals surface area contributed by atoms with Crippen LogP contribution in [0, 0.1) is 13.8 Å². The van der Waals surface area contributed by atoms with Crippen LogP contribution in [0.15, 0.2) is 35.1 Å². The molecule has 0 saturated carbocycles. The van der Waals surface area contributed by atoms with Crippen molar-refractivity contribution in [2.45, 2.75) is 20.8 Å². The Morgan fingerprint density at radius 2 is 1.92 bits per heavy atom. The Kier molecular flexibility index (Phi) is 4.85. The van der Waals surface area contributed by atoms with Crippen molar-refractivity contribution >= 4 is 17.0 Å².